The zero-order chi connectivity index (χ0) is 6.97. The van der Waals surface area contributed by atoms with Gasteiger partial charge in [-0.25, -0.2) is 0 Å². The summed E-state index contributed by atoms with van der Waals surface area (Å²) in [4.78, 5) is 0. The van der Waals surface area contributed by atoms with Crippen molar-refractivity contribution in [3.63, 3.8) is 0 Å². The largest absolute Gasteiger partial charge is 0.384 e. The number of hydrogen-bond donors (Lipinski definition) is 1. The van der Waals surface area contributed by atoms with Crippen LogP contribution in [0, 0.1) is 0 Å². The van der Waals surface area contributed by atoms with Crippen LogP contribution in [-0.4, -0.2) is 6.04 Å². The maximum absolute atomic E-state index is 3.30. The summed E-state index contributed by atoms with van der Waals surface area (Å²) in [5.74, 6) is 0. The van der Waals surface area contributed by atoms with Gasteiger partial charge in [-0.1, -0.05) is 17.7 Å². The zero-order valence-electron chi connectivity index (χ0n) is 6.09. The zero-order valence-corrected chi connectivity index (χ0v) is 6.09. The summed E-state index contributed by atoms with van der Waals surface area (Å²) in [5, 5.41) is 3.30. The summed E-state index contributed by atoms with van der Waals surface area (Å²) in [6, 6.07) is 0.574. The molecule has 1 heterocycles. The van der Waals surface area contributed by atoms with E-state index in [0.717, 1.165) is 0 Å². The fraction of sp³-hybridized carbons (Fsp3) is 0.333. The van der Waals surface area contributed by atoms with Crippen LogP contribution in [0.3, 0.4) is 0 Å². The molecule has 0 saturated carbocycles. The Hall–Kier alpha value is -0.980. The molecule has 1 aliphatic heterocycles. The van der Waals surface area contributed by atoms with E-state index in [9.17, 15) is 0 Å². The summed E-state index contributed by atoms with van der Waals surface area (Å²) in [7, 11) is 0. The third-order valence-corrected chi connectivity index (χ3v) is 2.06. The van der Waals surface area contributed by atoms with Gasteiger partial charge >= 0.3 is 0 Å². The normalized spacial score (nSPS) is 28.7. The standard InChI is InChI=1S/C9H11N/c1-7-2-3-8-4-5-10-9(8)6-7/h2-5,9-10H,6H2,1H3. The van der Waals surface area contributed by atoms with E-state index in [-0.39, 0.29) is 0 Å². The van der Waals surface area contributed by atoms with E-state index in [4.69, 9.17) is 0 Å². The summed E-state index contributed by atoms with van der Waals surface area (Å²) in [5.41, 5.74) is 2.88. The first-order chi connectivity index (χ1) is 4.86. The fourth-order valence-corrected chi connectivity index (χ4v) is 1.45. The van der Waals surface area contributed by atoms with Gasteiger partial charge in [-0.3, -0.25) is 0 Å². The smallest absolute Gasteiger partial charge is 0.0546 e. The van der Waals surface area contributed by atoms with Gasteiger partial charge in [-0.2, -0.15) is 0 Å². The Kier molecular flexibility index (Phi) is 1.16. The second-order valence-electron chi connectivity index (χ2n) is 2.94. The molecule has 0 amide bonds. The fourth-order valence-electron chi connectivity index (χ4n) is 1.45. The number of fused-ring (bicyclic) bond motifs is 1. The van der Waals surface area contributed by atoms with Crippen molar-refractivity contribution in [2.45, 2.75) is 19.4 Å². The van der Waals surface area contributed by atoms with Crippen LogP contribution in [0.5, 0.6) is 0 Å². The molecule has 52 valence electrons. The van der Waals surface area contributed by atoms with E-state index in [1.807, 2.05) is 6.20 Å². The molecule has 1 N–H and O–H groups in total. The Morgan fingerprint density at radius 2 is 2.40 bits per heavy atom. The lowest BCUT2D eigenvalue weighted by Gasteiger charge is -2.16. The number of rotatable bonds is 0. The Labute approximate surface area is 61.1 Å². The molecule has 10 heavy (non-hydrogen) atoms. The SMILES string of the molecule is CC1=CC=C2C=CNC2C1. The van der Waals surface area contributed by atoms with Crippen molar-refractivity contribution in [3.8, 4) is 0 Å². The lowest BCUT2D eigenvalue weighted by atomic mass is 9.96. The van der Waals surface area contributed by atoms with Crippen LogP contribution >= 0.6 is 0 Å². The van der Waals surface area contributed by atoms with Crippen LogP contribution in [0.15, 0.2) is 35.6 Å². The van der Waals surface area contributed by atoms with Crippen LogP contribution in [0.4, 0.5) is 0 Å². The van der Waals surface area contributed by atoms with Crippen molar-refractivity contribution in [2.75, 3.05) is 0 Å². The highest BCUT2D eigenvalue weighted by Crippen LogP contribution is 2.22. The van der Waals surface area contributed by atoms with E-state index in [2.05, 4.69) is 30.5 Å². The molecule has 0 fully saturated rings. The topological polar surface area (TPSA) is 12.0 Å². The first kappa shape index (κ1) is 5.78. The Morgan fingerprint density at radius 1 is 1.50 bits per heavy atom. The van der Waals surface area contributed by atoms with Crippen molar-refractivity contribution >= 4 is 0 Å². The highest BCUT2D eigenvalue weighted by molar-refractivity contribution is 5.38. The van der Waals surface area contributed by atoms with E-state index in [0.29, 0.717) is 6.04 Å². The highest BCUT2D eigenvalue weighted by Gasteiger charge is 2.17. The summed E-state index contributed by atoms with van der Waals surface area (Å²) >= 11 is 0. The molecule has 1 atom stereocenters. The molecule has 0 radical (unpaired) electrons. The molecular formula is C9H11N. The molecule has 2 aliphatic rings. The van der Waals surface area contributed by atoms with Crippen LogP contribution in [0.25, 0.3) is 0 Å². The van der Waals surface area contributed by atoms with Gasteiger partial charge in [0.2, 0.25) is 0 Å². The second kappa shape index (κ2) is 2.01. The minimum absolute atomic E-state index is 0.574. The highest BCUT2D eigenvalue weighted by atomic mass is 14.9. The Morgan fingerprint density at radius 3 is 3.30 bits per heavy atom. The first-order valence-corrected chi connectivity index (χ1v) is 3.66. The van der Waals surface area contributed by atoms with Crippen molar-refractivity contribution < 1.29 is 0 Å². The van der Waals surface area contributed by atoms with Gasteiger partial charge in [0.15, 0.2) is 0 Å². The maximum atomic E-state index is 3.30. The minimum Gasteiger partial charge on any atom is -0.384 e. The van der Waals surface area contributed by atoms with Gasteiger partial charge in [-0.15, -0.1) is 0 Å². The van der Waals surface area contributed by atoms with Gasteiger partial charge in [0.25, 0.3) is 0 Å². The molecule has 0 aromatic rings. The first-order valence-electron chi connectivity index (χ1n) is 3.66. The monoisotopic (exact) mass is 133 g/mol. The predicted octanol–water partition coefficient (Wildman–Crippen LogP) is 1.75. The molecular weight excluding hydrogens is 122 g/mol. The van der Waals surface area contributed by atoms with Crippen LogP contribution in [0.2, 0.25) is 0 Å². The van der Waals surface area contributed by atoms with Crippen molar-refractivity contribution in [3.05, 3.63) is 35.6 Å². The lowest BCUT2D eigenvalue weighted by Crippen LogP contribution is -2.22. The van der Waals surface area contributed by atoms with Gasteiger partial charge in [0, 0.05) is 0 Å². The maximum Gasteiger partial charge on any atom is 0.0546 e. The molecule has 0 bridgehead atoms. The van der Waals surface area contributed by atoms with E-state index < -0.39 is 0 Å². The molecule has 0 spiro atoms. The summed E-state index contributed by atoms with van der Waals surface area (Å²) in [6.45, 7) is 2.17. The molecule has 1 unspecified atom stereocenters. The van der Waals surface area contributed by atoms with Crippen molar-refractivity contribution in [2.24, 2.45) is 0 Å². The average molecular weight is 133 g/mol. The minimum atomic E-state index is 0.574. The molecule has 0 aromatic heterocycles. The molecule has 1 nitrogen and oxygen atoms in total. The number of nitrogens with one attached hydrogen (secondary N) is 1. The lowest BCUT2D eigenvalue weighted by molar-refractivity contribution is 0.687. The number of hydrogen-bond acceptors (Lipinski definition) is 1. The van der Waals surface area contributed by atoms with Crippen LogP contribution < -0.4 is 5.32 Å². The number of allylic oxidation sites excluding steroid dienone is 2. The summed E-state index contributed by atoms with van der Waals surface area (Å²) in [6.07, 6.45) is 9.73. The van der Waals surface area contributed by atoms with Gasteiger partial charge < -0.3 is 5.32 Å². The third kappa shape index (κ3) is 0.783. The van der Waals surface area contributed by atoms with Gasteiger partial charge in [0.05, 0.1) is 6.04 Å². The second-order valence-corrected chi connectivity index (χ2v) is 2.94. The van der Waals surface area contributed by atoms with Gasteiger partial charge in [0.1, 0.15) is 0 Å². The molecule has 1 aliphatic carbocycles. The quantitative estimate of drug-likeness (QED) is 0.531. The average Bonchev–Trinajstić information content (AvgIpc) is 2.33. The van der Waals surface area contributed by atoms with E-state index in [1.54, 1.807) is 0 Å². The van der Waals surface area contributed by atoms with E-state index >= 15 is 0 Å². The van der Waals surface area contributed by atoms with Gasteiger partial charge in [-0.05, 0) is 31.2 Å². The van der Waals surface area contributed by atoms with Crippen LogP contribution in [0.1, 0.15) is 13.3 Å². The molecule has 2 rings (SSSR count). The summed E-state index contributed by atoms with van der Waals surface area (Å²) < 4.78 is 0. The van der Waals surface area contributed by atoms with Crippen LogP contribution in [-0.2, 0) is 0 Å². The molecule has 0 aromatic carbocycles. The Balaban J connectivity index is 2.30. The third-order valence-electron chi connectivity index (χ3n) is 2.06. The Bertz CT molecular complexity index is 233. The molecule has 1 heteroatoms. The van der Waals surface area contributed by atoms with Crippen molar-refractivity contribution in [1.82, 2.24) is 5.32 Å². The van der Waals surface area contributed by atoms with Crippen molar-refractivity contribution in [1.29, 1.82) is 0 Å². The molecule has 0 saturated heterocycles. The van der Waals surface area contributed by atoms with E-state index in [1.165, 1.54) is 17.6 Å². The predicted molar refractivity (Wildman–Crippen MR) is 42.5 cm³/mol.